The molecule has 144 valence electrons. The van der Waals surface area contributed by atoms with Gasteiger partial charge in [0.25, 0.3) is 5.69 Å². The van der Waals surface area contributed by atoms with Gasteiger partial charge in [-0.25, -0.2) is 4.79 Å². The highest BCUT2D eigenvalue weighted by molar-refractivity contribution is 5.68. The molecule has 0 bridgehead atoms. The second-order valence-corrected chi connectivity index (χ2v) is 6.91. The molecule has 1 aromatic rings. The van der Waals surface area contributed by atoms with Crippen LogP contribution >= 0.6 is 0 Å². The number of carbonyl (C=O) groups excluding carboxylic acids is 1. The molecule has 0 unspecified atom stereocenters. The average molecular weight is 375 g/mol. The molecule has 0 radical (unpaired) electrons. The monoisotopic (exact) mass is 375 g/mol. The van der Waals surface area contributed by atoms with Gasteiger partial charge in [-0.05, 0) is 32.9 Å². The van der Waals surface area contributed by atoms with Gasteiger partial charge in [-0.3, -0.25) is 10.1 Å². The first-order valence-electron chi connectivity index (χ1n) is 7.97. The first kappa shape index (κ1) is 19.8. The van der Waals surface area contributed by atoms with Crippen molar-refractivity contribution in [2.45, 2.75) is 32.5 Å². The van der Waals surface area contributed by atoms with Gasteiger partial charge in [-0.15, -0.1) is 0 Å². The number of hydrogen-bond acceptors (Lipinski definition) is 5. The number of amides is 1. The predicted octanol–water partition coefficient (Wildman–Crippen LogP) is 3.67. The molecule has 1 aliphatic heterocycles. The van der Waals surface area contributed by atoms with Crippen LogP contribution in [0.5, 0.6) is 0 Å². The van der Waals surface area contributed by atoms with Crippen LogP contribution in [0, 0.1) is 10.1 Å². The van der Waals surface area contributed by atoms with Gasteiger partial charge in [-0.2, -0.15) is 13.2 Å². The van der Waals surface area contributed by atoms with E-state index in [2.05, 4.69) is 0 Å². The fourth-order valence-corrected chi connectivity index (χ4v) is 2.58. The topological polar surface area (TPSA) is 75.9 Å². The van der Waals surface area contributed by atoms with E-state index >= 15 is 0 Å². The Bertz CT molecular complexity index is 693. The fourth-order valence-electron chi connectivity index (χ4n) is 2.58. The van der Waals surface area contributed by atoms with Crippen LogP contribution < -0.4 is 4.90 Å². The molecule has 0 aromatic heterocycles. The number of rotatable bonds is 2. The summed E-state index contributed by atoms with van der Waals surface area (Å²) in [4.78, 5) is 24.9. The average Bonchev–Trinajstić information content (AvgIpc) is 2.52. The number of nitro benzene ring substituents is 1. The van der Waals surface area contributed by atoms with Gasteiger partial charge in [0.2, 0.25) is 0 Å². The third kappa shape index (κ3) is 4.77. The van der Waals surface area contributed by atoms with Gasteiger partial charge in [-0.1, -0.05) is 0 Å². The highest BCUT2D eigenvalue weighted by atomic mass is 19.4. The van der Waals surface area contributed by atoms with E-state index in [1.54, 1.807) is 25.7 Å². The number of alkyl halides is 3. The molecule has 1 saturated heterocycles. The van der Waals surface area contributed by atoms with Crippen LogP contribution in [0.4, 0.5) is 29.3 Å². The summed E-state index contributed by atoms with van der Waals surface area (Å²) in [6.45, 7) is 6.41. The molecular weight excluding hydrogens is 355 g/mol. The molecule has 0 aliphatic carbocycles. The molecule has 0 saturated carbocycles. The summed E-state index contributed by atoms with van der Waals surface area (Å²) in [6, 6.07) is 2.93. The van der Waals surface area contributed by atoms with Crippen LogP contribution in [0.15, 0.2) is 18.2 Å². The Kier molecular flexibility index (Phi) is 5.33. The minimum atomic E-state index is -4.82. The van der Waals surface area contributed by atoms with E-state index in [0.29, 0.717) is 13.1 Å². The second-order valence-electron chi connectivity index (χ2n) is 6.91. The van der Waals surface area contributed by atoms with Crippen LogP contribution in [0.2, 0.25) is 0 Å². The van der Waals surface area contributed by atoms with Crippen molar-refractivity contribution in [1.29, 1.82) is 0 Å². The number of hydrogen-bond donors (Lipinski definition) is 0. The number of ether oxygens (including phenoxy) is 1. The summed E-state index contributed by atoms with van der Waals surface area (Å²) < 4.78 is 44.5. The third-order valence-corrected chi connectivity index (χ3v) is 3.78. The Morgan fingerprint density at radius 2 is 1.73 bits per heavy atom. The molecule has 26 heavy (non-hydrogen) atoms. The Balaban J connectivity index is 2.12. The first-order chi connectivity index (χ1) is 11.9. The molecule has 2 rings (SSSR count). The molecule has 1 amide bonds. The minimum absolute atomic E-state index is 0.228. The summed E-state index contributed by atoms with van der Waals surface area (Å²) in [5, 5.41) is 10.8. The lowest BCUT2D eigenvalue weighted by atomic mass is 10.1. The summed E-state index contributed by atoms with van der Waals surface area (Å²) in [7, 11) is 0. The van der Waals surface area contributed by atoms with Gasteiger partial charge in [0.15, 0.2) is 0 Å². The largest absolute Gasteiger partial charge is 0.444 e. The van der Waals surface area contributed by atoms with Crippen LogP contribution in [-0.2, 0) is 10.9 Å². The molecule has 10 heteroatoms. The molecule has 1 fully saturated rings. The van der Waals surface area contributed by atoms with Crippen molar-refractivity contribution >= 4 is 17.5 Å². The molecule has 1 aromatic carbocycles. The fraction of sp³-hybridized carbons (Fsp3) is 0.562. The van der Waals surface area contributed by atoms with Crippen LogP contribution in [0.25, 0.3) is 0 Å². The zero-order valence-corrected chi connectivity index (χ0v) is 14.7. The Morgan fingerprint density at radius 3 is 2.19 bits per heavy atom. The van der Waals surface area contributed by atoms with Crippen molar-refractivity contribution in [1.82, 2.24) is 4.90 Å². The standard InChI is InChI=1S/C16H20F3N3O4/c1-15(2,3)26-14(23)21-8-6-20(7-9-21)11-4-5-13(22(24)25)12(10-11)16(17,18)19/h4-5,10H,6-9H2,1-3H3. The van der Waals surface area contributed by atoms with E-state index in [4.69, 9.17) is 4.74 Å². The quantitative estimate of drug-likeness (QED) is 0.582. The lowest BCUT2D eigenvalue weighted by Gasteiger charge is -2.36. The van der Waals surface area contributed by atoms with E-state index < -0.39 is 34.0 Å². The van der Waals surface area contributed by atoms with E-state index in [0.717, 1.165) is 12.1 Å². The zero-order chi connectivity index (χ0) is 19.7. The van der Waals surface area contributed by atoms with Gasteiger partial charge in [0.1, 0.15) is 11.2 Å². The number of anilines is 1. The third-order valence-electron chi connectivity index (χ3n) is 3.78. The van der Waals surface area contributed by atoms with Crippen molar-refractivity contribution in [2.75, 3.05) is 31.1 Å². The number of nitrogens with zero attached hydrogens (tertiary/aromatic N) is 3. The van der Waals surface area contributed by atoms with E-state index in [9.17, 15) is 28.1 Å². The maximum absolute atomic E-state index is 13.1. The number of nitro groups is 1. The second kappa shape index (κ2) is 7.00. The van der Waals surface area contributed by atoms with Crippen molar-refractivity contribution in [3.8, 4) is 0 Å². The maximum Gasteiger partial charge on any atom is 0.423 e. The Hall–Kier alpha value is -2.52. The lowest BCUT2D eigenvalue weighted by molar-refractivity contribution is -0.388. The van der Waals surface area contributed by atoms with Gasteiger partial charge in [0.05, 0.1) is 4.92 Å². The number of halogens is 3. The maximum atomic E-state index is 13.1. The van der Waals surface area contributed by atoms with E-state index in [-0.39, 0.29) is 18.8 Å². The molecule has 7 nitrogen and oxygen atoms in total. The van der Waals surface area contributed by atoms with Crippen LogP contribution in [-0.4, -0.2) is 47.7 Å². The van der Waals surface area contributed by atoms with E-state index in [1.165, 1.54) is 11.0 Å². The van der Waals surface area contributed by atoms with Gasteiger partial charge < -0.3 is 14.5 Å². The summed E-state index contributed by atoms with van der Waals surface area (Å²) in [5.41, 5.74) is -2.66. The Labute approximate surface area is 148 Å². The van der Waals surface area contributed by atoms with Gasteiger partial charge in [0, 0.05) is 37.9 Å². The zero-order valence-electron chi connectivity index (χ0n) is 14.7. The molecular formula is C16H20F3N3O4. The highest BCUT2D eigenvalue weighted by Crippen LogP contribution is 2.38. The molecule has 1 heterocycles. The summed E-state index contributed by atoms with van der Waals surface area (Å²) >= 11 is 0. The van der Waals surface area contributed by atoms with Crippen LogP contribution in [0.1, 0.15) is 26.3 Å². The smallest absolute Gasteiger partial charge is 0.423 e. The summed E-state index contributed by atoms with van der Waals surface area (Å²) in [5.74, 6) is 0. The van der Waals surface area contributed by atoms with Gasteiger partial charge >= 0.3 is 12.3 Å². The number of carbonyl (C=O) groups is 1. The first-order valence-corrected chi connectivity index (χ1v) is 7.97. The SMILES string of the molecule is CC(C)(C)OC(=O)N1CCN(c2ccc([N+](=O)[O-])c(C(F)(F)F)c2)CC1. The van der Waals surface area contributed by atoms with Crippen molar-refractivity contribution in [3.63, 3.8) is 0 Å². The molecule has 1 aliphatic rings. The van der Waals surface area contributed by atoms with Crippen molar-refractivity contribution in [2.24, 2.45) is 0 Å². The van der Waals surface area contributed by atoms with Crippen molar-refractivity contribution in [3.05, 3.63) is 33.9 Å². The number of piperazine rings is 1. The predicted molar refractivity (Wildman–Crippen MR) is 88.1 cm³/mol. The van der Waals surface area contributed by atoms with Crippen molar-refractivity contribution < 1.29 is 27.6 Å². The molecule has 0 spiro atoms. The number of benzene rings is 1. The van der Waals surface area contributed by atoms with Crippen LogP contribution in [0.3, 0.4) is 0 Å². The lowest BCUT2D eigenvalue weighted by Crippen LogP contribution is -2.50. The Morgan fingerprint density at radius 1 is 1.15 bits per heavy atom. The molecule has 0 atom stereocenters. The summed E-state index contributed by atoms with van der Waals surface area (Å²) in [6.07, 6.45) is -5.30. The van der Waals surface area contributed by atoms with E-state index in [1.807, 2.05) is 0 Å². The minimum Gasteiger partial charge on any atom is -0.444 e. The normalized spacial score (nSPS) is 15.8. The highest BCUT2D eigenvalue weighted by Gasteiger charge is 2.39. The molecule has 0 N–H and O–H groups in total.